The second kappa shape index (κ2) is 5.42. The third kappa shape index (κ3) is 3.22. The number of aliphatic hydroxyl groups excluding tert-OH is 2. The Morgan fingerprint density at radius 1 is 1.21 bits per heavy atom. The number of nitrogens with one attached hydrogen (secondary N) is 1. The quantitative estimate of drug-likeness (QED) is 0.697. The number of rotatable bonds is 3. The number of hydrogen-bond donors (Lipinski definition) is 3. The SMILES string of the molecule is Cc1ccc(S(=O)(=O)N[C@@H]2C=CC[C@@H](O)[C@@H]2O)cc1. The first-order chi connectivity index (χ1) is 8.90. The van der Waals surface area contributed by atoms with Crippen molar-refractivity contribution in [2.75, 3.05) is 0 Å². The van der Waals surface area contributed by atoms with Crippen molar-refractivity contribution >= 4 is 10.0 Å². The van der Waals surface area contributed by atoms with Crippen molar-refractivity contribution in [2.45, 2.75) is 36.5 Å². The van der Waals surface area contributed by atoms with Gasteiger partial charge in [0.1, 0.15) is 6.10 Å². The van der Waals surface area contributed by atoms with Gasteiger partial charge in [-0.25, -0.2) is 13.1 Å². The van der Waals surface area contributed by atoms with E-state index < -0.39 is 28.3 Å². The minimum Gasteiger partial charge on any atom is -0.390 e. The lowest BCUT2D eigenvalue weighted by Crippen LogP contribution is -2.48. The molecule has 0 saturated carbocycles. The number of sulfonamides is 1. The smallest absolute Gasteiger partial charge is 0.241 e. The zero-order chi connectivity index (χ0) is 14.0. The average molecular weight is 283 g/mol. The Hall–Kier alpha value is -1.21. The van der Waals surface area contributed by atoms with E-state index in [0.29, 0.717) is 6.42 Å². The van der Waals surface area contributed by atoms with Crippen LogP contribution in [0.3, 0.4) is 0 Å². The summed E-state index contributed by atoms with van der Waals surface area (Å²) in [6, 6.07) is 5.61. The molecule has 0 amide bonds. The summed E-state index contributed by atoms with van der Waals surface area (Å²) in [7, 11) is -3.71. The topological polar surface area (TPSA) is 86.6 Å². The molecule has 19 heavy (non-hydrogen) atoms. The maximum atomic E-state index is 12.1. The van der Waals surface area contributed by atoms with Crippen LogP contribution in [0.4, 0.5) is 0 Å². The summed E-state index contributed by atoms with van der Waals surface area (Å²) in [6.07, 6.45) is 1.45. The molecule has 0 aromatic heterocycles. The predicted octanol–water partition coefficient (Wildman–Crippen LogP) is 0.324. The summed E-state index contributed by atoms with van der Waals surface area (Å²) in [5.74, 6) is 0. The van der Waals surface area contributed by atoms with E-state index in [1.165, 1.54) is 12.1 Å². The Morgan fingerprint density at radius 2 is 1.84 bits per heavy atom. The van der Waals surface area contributed by atoms with E-state index in [0.717, 1.165) is 5.56 Å². The standard InChI is InChI=1S/C13H17NO4S/c1-9-5-7-10(8-6-9)19(17,18)14-11-3-2-4-12(15)13(11)16/h2-3,5-8,11-16H,4H2,1H3/t11-,12-,13-/m1/s1. The first kappa shape index (κ1) is 14.2. The maximum Gasteiger partial charge on any atom is 0.241 e. The fourth-order valence-electron chi connectivity index (χ4n) is 1.93. The lowest BCUT2D eigenvalue weighted by atomic mass is 9.97. The van der Waals surface area contributed by atoms with Crippen LogP contribution in [0, 0.1) is 6.92 Å². The average Bonchev–Trinajstić information content (AvgIpc) is 2.35. The molecular weight excluding hydrogens is 266 g/mol. The van der Waals surface area contributed by atoms with Gasteiger partial charge in [0.05, 0.1) is 17.0 Å². The summed E-state index contributed by atoms with van der Waals surface area (Å²) in [5, 5.41) is 19.3. The highest BCUT2D eigenvalue weighted by Crippen LogP contribution is 2.16. The summed E-state index contributed by atoms with van der Waals surface area (Å²) >= 11 is 0. The molecule has 2 rings (SSSR count). The van der Waals surface area contributed by atoms with Gasteiger partial charge >= 0.3 is 0 Å². The van der Waals surface area contributed by atoms with E-state index in [4.69, 9.17) is 0 Å². The van der Waals surface area contributed by atoms with Gasteiger partial charge in [-0.15, -0.1) is 0 Å². The van der Waals surface area contributed by atoms with Gasteiger partial charge in [0.25, 0.3) is 0 Å². The van der Waals surface area contributed by atoms with Crippen molar-refractivity contribution in [3.05, 3.63) is 42.0 Å². The molecule has 1 aromatic rings. The van der Waals surface area contributed by atoms with Gasteiger partial charge in [-0.3, -0.25) is 0 Å². The molecule has 1 aliphatic rings. The summed E-state index contributed by atoms with van der Waals surface area (Å²) in [4.78, 5) is 0.138. The van der Waals surface area contributed by atoms with Crippen LogP contribution < -0.4 is 4.72 Å². The van der Waals surface area contributed by atoms with Crippen LogP contribution in [0.15, 0.2) is 41.3 Å². The summed E-state index contributed by atoms with van der Waals surface area (Å²) in [6.45, 7) is 1.87. The van der Waals surface area contributed by atoms with Crippen molar-refractivity contribution in [1.82, 2.24) is 4.72 Å². The Labute approximate surface area is 112 Å². The van der Waals surface area contributed by atoms with Crippen LogP contribution in [0.5, 0.6) is 0 Å². The zero-order valence-electron chi connectivity index (χ0n) is 10.5. The molecule has 0 fully saturated rings. The second-order valence-electron chi connectivity index (χ2n) is 4.68. The van der Waals surface area contributed by atoms with Crippen molar-refractivity contribution in [3.8, 4) is 0 Å². The van der Waals surface area contributed by atoms with Crippen LogP contribution in [0.2, 0.25) is 0 Å². The third-order valence-electron chi connectivity index (χ3n) is 3.11. The molecule has 0 unspecified atom stereocenters. The number of aliphatic hydroxyl groups is 2. The monoisotopic (exact) mass is 283 g/mol. The number of benzene rings is 1. The van der Waals surface area contributed by atoms with Gasteiger partial charge in [0.15, 0.2) is 0 Å². The van der Waals surface area contributed by atoms with Crippen LogP contribution in [0.25, 0.3) is 0 Å². The van der Waals surface area contributed by atoms with E-state index in [1.807, 2.05) is 6.92 Å². The molecule has 3 N–H and O–H groups in total. The van der Waals surface area contributed by atoms with E-state index in [9.17, 15) is 18.6 Å². The van der Waals surface area contributed by atoms with Gasteiger partial charge in [-0.2, -0.15) is 0 Å². The molecule has 0 spiro atoms. The Bertz CT molecular complexity index is 565. The highest BCUT2D eigenvalue weighted by atomic mass is 32.2. The zero-order valence-corrected chi connectivity index (χ0v) is 11.3. The number of aryl methyl sites for hydroxylation is 1. The molecule has 104 valence electrons. The first-order valence-electron chi connectivity index (χ1n) is 6.02. The fourth-order valence-corrected chi connectivity index (χ4v) is 3.14. The highest BCUT2D eigenvalue weighted by Gasteiger charge is 2.30. The minimum absolute atomic E-state index is 0.138. The van der Waals surface area contributed by atoms with E-state index in [-0.39, 0.29) is 4.90 Å². The van der Waals surface area contributed by atoms with Gasteiger partial charge in [0, 0.05) is 0 Å². The van der Waals surface area contributed by atoms with Gasteiger partial charge < -0.3 is 10.2 Å². The molecule has 0 heterocycles. The normalized spacial score (nSPS) is 27.4. The molecule has 0 radical (unpaired) electrons. The molecule has 5 nitrogen and oxygen atoms in total. The van der Waals surface area contributed by atoms with E-state index in [2.05, 4.69) is 4.72 Å². The Balaban J connectivity index is 2.20. The molecule has 0 aliphatic heterocycles. The molecule has 0 bridgehead atoms. The largest absolute Gasteiger partial charge is 0.390 e. The van der Waals surface area contributed by atoms with Crippen LogP contribution in [-0.4, -0.2) is 36.9 Å². The minimum atomic E-state index is -3.71. The molecule has 0 saturated heterocycles. The van der Waals surface area contributed by atoms with E-state index >= 15 is 0 Å². The lowest BCUT2D eigenvalue weighted by molar-refractivity contribution is 0.00675. The van der Waals surface area contributed by atoms with Crippen LogP contribution in [-0.2, 0) is 10.0 Å². The second-order valence-corrected chi connectivity index (χ2v) is 6.40. The molecule has 1 aromatic carbocycles. The van der Waals surface area contributed by atoms with Crippen molar-refractivity contribution in [3.63, 3.8) is 0 Å². The lowest BCUT2D eigenvalue weighted by Gasteiger charge is -2.28. The van der Waals surface area contributed by atoms with Gasteiger partial charge in [-0.1, -0.05) is 29.8 Å². The number of hydrogen-bond acceptors (Lipinski definition) is 4. The van der Waals surface area contributed by atoms with Crippen molar-refractivity contribution < 1.29 is 18.6 Å². The van der Waals surface area contributed by atoms with Crippen LogP contribution >= 0.6 is 0 Å². The predicted molar refractivity (Wildman–Crippen MR) is 71.1 cm³/mol. The Morgan fingerprint density at radius 3 is 2.47 bits per heavy atom. The molecule has 1 aliphatic carbocycles. The van der Waals surface area contributed by atoms with E-state index in [1.54, 1.807) is 24.3 Å². The first-order valence-corrected chi connectivity index (χ1v) is 7.50. The molecule has 6 heteroatoms. The van der Waals surface area contributed by atoms with Crippen molar-refractivity contribution in [2.24, 2.45) is 0 Å². The maximum absolute atomic E-state index is 12.1. The van der Waals surface area contributed by atoms with Crippen LogP contribution in [0.1, 0.15) is 12.0 Å². The Kier molecular flexibility index (Phi) is 4.05. The van der Waals surface area contributed by atoms with Crippen molar-refractivity contribution in [1.29, 1.82) is 0 Å². The molecule has 3 atom stereocenters. The molecular formula is C13H17NO4S. The summed E-state index contributed by atoms with van der Waals surface area (Å²) < 4.78 is 26.6. The summed E-state index contributed by atoms with van der Waals surface area (Å²) in [5.41, 5.74) is 0.965. The highest BCUT2D eigenvalue weighted by molar-refractivity contribution is 7.89. The fraction of sp³-hybridized carbons (Fsp3) is 0.385. The van der Waals surface area contributed by atoms with Gasteiger partial charge in [-0.05, 0) is 25.5 Å². The van der Waals surface area contributed by atoms with Gasteiger partial charge in [0.2, 0.25) is 10.0 Å². The third-order valence-corrected chi connectivity index (χ3v) is 4.58.